The minimum absolute atomic E-state index is 0.136. The molecular weight excluding hydrogens is 333 g/mol. The van der Waals surface area contributed by atoms with Crippen LogP contribution < -0.4 is 5.32 Å². The van der Waals surface area contributed by atoms with Gasteiger partial charge in [0.1, 0.15) is 5.82 Å². The molecule has 0 bridgehead atoms. The molecule has 0 aliphatic rings. The second-order valence-electron chi connectivity index (χ2n) is 5.30. The zero-order valence-corrected chi connectivity index (χ0v) is 14.5. The van der Waals surface area contributed by atoms with Crippen molar-refractivity contribution in [2.45, 2.75) is 33.2 Å². The predicted octanol–water partition coefficient (Wildman–Crippen LogP) is 3.83. The SMILES string of the molecule is CCNC(Cc1cc(F)cc(Br)c1)c1c(C)nn(C)c1C. The van der Waals surface area contributed by atoms with Gasteiger partial charge in [0.2, 0.25) is 0 Å². The zero-order chi connectivity index (χ0) is 15.6. The highest BCUT2D eigenvalue weighted by Gasteiger charge is 2.20. The van der Waals surface area contributed by atoms with E-state index >= 15 is 0 Å². The van der Waals surface area contributed by atoms with Gasteiger partial charge in [0.15, 0.2) is 0 Å². The van der Waals surface area contributed by atoms with Crippen molar-refractivity contribution in [1.82, 2.24) is 15.1 Å². The molecule has 0 fully saturated rings. The van der Waals surface area contributed by atoms with Crippen molar-refractivity contribution in [2.24, 2.45) is 7.05 Å². The van der Waals surface area contributed by atoms with Crippen molar-refractivity contribution in [2.75, 3.05) is 6.54 Å². The molecule has 1 aromatic carbocycles. The number of aryl methyl sites for hydroxylation is 2. The van der Waals surface area contributed by atoms with E-state index in [4.69, 9.17) is 0 Å². The number of benzene rings is 1. The number of rotatable bonds is 5. The second-order valence-corrected chi connectivity index (χ2v) is 6.22. The van der Waals surface area contributed by atoms with Gasteiger partial charge >= 0.3 is 0 Å². The van der Waals surface area contributed by atoms with Gasteiger partial charge in [-0.15, -0.1) is 0 Å². The Morgan fingerprint density at radius 3 is 2.57 bits per heavy atom. The van der Waals surface area contributed by atoms with Gasteiger partial charge < -0.3 is 5.32 Å². The molecular formula is C16H21BrFN3. The summed E-state index contributed by atoms with van der Waals surface area (Å²) in [6, 6.07) is 5.18. The highest BCUT2D eigenvalue weighted by molar-refractivity contribution is 9.10. The lowest BCUT2D eigenvalue weighted by molar-refractivity contribution is 0.541. The Bertz CT molecular complexity index is 616. The number of hydrogen-bond donors (Lipinski definition) is 1. The largest absolute Gasteiger partial charge is 0.310 e. The summed E-state index contributed by atoms with van der Waals surface area (Å²) in [6.07, 6.45) is 0.734. The highest BCUT2D eigenvalue weighted by atomic mass is 79.9. The lowest BCUT2D eigenvalue weighted by Gasteiger charge is -2.19. The van der Waals surface area contributed by atoms with E-state index in [1.165, 1.54) is 11.6 Å². The van der Waals surface area contributed by atoms with Crippen LogP contribution in [0.3, 0.4) is 0 Å². The van der Waals surface area contributed by atoms with Gasteiger partial charge in [-0.3, -0.25) is 4.68 Å². The third-order valence-electron chi connectivity index (χ3n) is 3.73. The van der Waals surface area contributed by atoms with Crippen molar-refractivity contribution >= 4 is 15.9 Å². The van der Waals surface area contributed by atoms with Crippen LogP contribution in [0.2, 0.25) is 0 Å². The van der Waals surface area contributed by atoms with E-state index in [-0.39, 0.29) is 11.9 Å². The van der Waals surface area contributed by atoms with Crippen LogP contribution >= 0.6 is 15.9 Å². The van der Waals surface area contributed by atoms with Crippen molar-refractivity contribution < 1.29 is 4.39 Å². The van der Waals surface area contributed by atoms with Crippen LogP contribution in [0.4, 0.5) is 4.39 Å². The maximum Gasteiger partial charge on any atom is 0.124 e. The zero-order valence-electron chi connectivity index (χ0n) is 12.9. The topological polar surface area (TPSA) is 29.9 Å². The van der Waals surface area contributed by atoms with Crippen LogP contribution in [0.15, 0.2) is 22.7 Å². The fourth-order valence-electron chi connectivity index (χ4n) is 2.78. The number of aromatic nitrogens is 2. The normalized spacial score (nSPS) is 12.7. The third-order valence-corrected chi connectivity index (χ3v) is 4.18. The van der Waals surface area contributed by atoms with Gasteiger partial charge in [0, 0.05) is 28.8 Å². The van der Waals surface area contributed by atoms with Crippen LogP contribution in [0.1, 0.15) is 35.5 Å². The molecule has 21 heavy (non-hydrogen) atoms. The number of hydrogen-bond acceptors (Lipinski definition) is 2. The van der Waals surface area contributed by atoms with Crippen molar-refractivity contribution in [3.05, 3.63) is 51.0 Å². The average Bonchev–Trinajstić information content (AvgIpc) is 2.61. The summed E-state index contributed by atoms with van der Waals surface area (Å²) in [5.41, 5.74) is 4.35. The summed E-state index contributed by atoms with van der Waals surface area (Å²) in [5.74, 6) is -0.214. The van der Waals surface area contributed by atoms with Crippen molar-refractivity contribution in [3.8, 4) is 0 Å². The van der Waals surface area contributed by atoms with E-state index < -0.39 is 0 Å². The number of nitrogens with one attached hydrogen (secondary N) is 1. The Morgan fingerprint density at radius 2 is 2.05 bits per heavy atom. The van der Waals surface area contributed by atoms with E-state index in [2.05, 4.69) is 40.2 Å². The van der Waals surface area contributed by atoms with E-state index in [1.54, 1.807) is 6.07 Å². The second kappa shape index (κ2) is 6.71. The minimum Gasteiger partial charge on any atom is -0.310 e. The molecule has 0 radical (unpaired) electrons. The van der Waals surface area contributed by atoms with E-state index in [1.807, 2.05) is 24.7 Å². The van der Waals surface area contributed by atoms with Crippen LogP contribution in [0.25, 0.3) is 0 Å². The molecule has 1 atom stereocenters. The Hall–Kier alpha value is -1.20. The molecule has 0 saturated heterocycles. The smallest absolute Gasteiger partial charge is 0.124 e. The Balaban J connectivity index is 2.35. The van der Waals surface area contributed by atoms with Gasteiger partial charge in [0.25, 0.3) is 0 Å². The maximum atomic E-state index is 13.6. The van der Waals surface area contributed by atoms with Crippen LogP contribution in [0, 0.1) is 19.7 Å². The molecule has 1 heterocycles. The summed E-state index contributed by atoms with van der Waals surface area (Å²) in [5, 5.41) is 7.97. The fraction of sp³-hybridized carbons (Fsp3) is 0.438. The van der Waals surface area contributed by atoms with Gasteiger partial charge in [0.05, 0.1) is 5.69 Å². The average molecular weight is 354 g/mol. The number of nitrogens with zero attached hydrogens (tertiary/aromatic N) is 2. The van der Waals surface area contributed by atoms with Crippen LogP contribution in [-0.4, -0.2) is 16.3 Å². The first kappa shape index (κ1) is 16.2. The Morgan fingerprint density at radius 1 is 1.33 bits per heavy atom. The summed E-state index contributed by atoms with van der Waals surface area (Å²) in [4.78, 5) is 0. The molecule has 2 rings (SSSR count). The third kappa shape index (κ3) is 3.71. The van der Waals surface area contributed by atoms with Crippen molar-refractivity contribution in [1.29, 1.82) is 0 Å². The van der Waals surface area contributed by atoms with E-state index in [0.29, 0.717) is 0 Å². The summed E-state index contributed by atoms with van der Waals surface area (Å²) in [7, 11) is 1.95. The fourth-order valence-corrected chi connectivity index (χ4v) is 3.29. The molecule has 1 unspecified atom stereocenters. The van der Waals surface area contributed by atoms with Crippen molar-refractivity contribution in [3.63, 3.8) is 0 Å². The molecule has 1 N–H and O–H groups in total. The van der Waals surface area contributed by atoms with E-state index in [9.17, 15) is 4.39 Å². The quantitative estimate of drug-likeness (QED) is 0.884. The first-order valence-corrected chi connectivity index (χ1v) is 7.90. The molecule has 1 aromatic heterocycles. The summed E-state index contributed by atoms with van der Waals surface area (Å²) >= 11 is 3.35. The van der Waals surface area contributed by atoms with Crippen LogP contribution in [-0.2, 0) is 13.5 Å². The molecule has 0 aliphatic heterocycles. The highest BCUT2D eigenvalue weighted by Crippen LogP contribution is 2.26. The van der Waals surface area contributed by atoms with Gasteiger partial charge in [-0.1, -0.05) is 22.9 Å². The molecule has 2 aromatic rings. The predicted molar refractivity (Wildman–Crippen MR) is 86.9 cm³/mol. The number of halogens is 2. The number of likely N-dealkylation sites (N-methyl/N-ethyl adjacent to an activating group) is 1. The molecule has 5 heteroatoms. The standard InChI is InChI=1S/C16H21BrFN3/c1-5-19-15(16-10(2)20-21(4)11(16)3)8-12-6-13(17)9-14(18)7-12/h6-7,9,15,19H,5,8H2,1-4H3. The minimum atomic E-state index is -0.214. The van der Waals surface area contributed by atoms with Crippen LogP contribution in [0.5, 0.6) is 0 Å². The Kier molecular flexibility index (Phi) is 5.17. The van der Waals surface area contributed by atoms with Gasteiger partial charge in [-0.25, -0.2) is 4.39 Å². The lowest BCUT2D eigenvalue weighted by Crippen LogP contribution is -2.24. The van der Waals surface area contributed by atoms with Gasteiger partial charge in [-0.2, -0.15) is 5.10 Å². The maximum absolute atomic E-state index is 13.6. The monoisotopic (exact) mass is 353 g/mol. The Labute approximate surface area is 133 Å². The lowest BCUT2D eigenvalue weighted by atomic mass is 9.97. The molecule has 0 spiro atoms. The summed E-state index contributed by atoms with van der Waals surface area (Å²) in [6.45, 7) is 7.03. The molecule has 0 aliphatic carbocycles. The molecule has 0 saturated carbocycles. The van der Waals surface area contributed by atoms with E-state index in [0.717, 1.165) is 34.4 Å². The molecule has 0 amide bonds. The first-order chi connectivity index (χ1) is 9.92. The summed E-state index contributed by atoms with van der Waals surface area (Å²) < 4.78 is 16.2. The first-order valence-electron chi connectivity index (χ1n) is 7.10. The molecule has 3 nitrogen and oxygen atoms in total. The van der Waals surface area contributed by atoms with Gasteiger partial charge in [-0.05, 0) is 50.6 Å². The molecule has 114 valence electrons.